The van der Waals surface area contributed by atoms with Crippen LogP contribution in [0.5, 0.6) is 0 Å². The molecule has 3 heteroatoms. The predicted octanol–water partition coefficient (Wildman–Crippen LogP) is 4.13. The largest absolute Gasteiger partial charge is 0.390 e. The van der Waals surface area contributed by atoms with E-state index in [1.165, 1.54) is 0 Å². The molecular weight excluding hydrogens is 310 g/mol. The van der Waals surface area contributed by atoms with Crippen molar-refractivity contribution in [2.45, 2.75) is 67.2 Å². The van der Waals surface area contributed by atoms with Crippen LogP contribution < -0.4 is 5.32 Å². The Morgan fingerprint density at radius 3 is 2.12 bits per heavy atom. The monoisotopic (exact) mass is 343 g/mol. The third kappa shape index (κ3) is 1.78. The van der Waals surface area contributed by atoms with Crippen molar-refractivity contribution in [2.75, 3.05) is 6.54 Å². The summed E-state index contributed by atoms with van der Waals surface area (Å²) >= 11 is 0. The van der Waals surface area contributed by atoms with E-state index in [9.17, 15) is 9.59 Å². The van der Waals surface area contributed by atoms with Crippen molar-refractivity contribution in [3.8, 4) is 0 Å². The van der Waals surface area contributed by atoms with Crippen molar-refractivity contribution in [1.82, 2.24) is 5.32 Å². The normalized spacial score (nSPS) is 47.9. The molecule has 4 bridgehead atoms. The first-order valence-corrected chi connectivity index (χ1v) is 10.0. The quantitative estimate of drug-likeness (QED) is 0.784. The summed E-state index contributed by atoms with van der Waals surface area (Å²) in [4.78, 5) is 25.9. The smallest absolute Gasteiger partial charge is 0.167 e. The van der Waals surface area contributed by atoms with E-state index < -0.39 is 0 Å². The molecule has 4 fully saturated rings. The Kier molecular flexibility index (Phi) is 3.31. The van der Waals surface area contributed by atoms with E-state index in [1.807, 2.05) is 6.20 Å². The third-order valence-corrected chi connectivity index (χ3v) is 9.63. The molecule has 0 aliphatic heterocycles. The van der Waals surface area contributed by atoms with E-state index in [0.717, 1.165) is 31.3 Å². The molecule has 3 nitrogen and oxygen atoms in total. The zero-order chi connectivity index (χ0) is 18.4. The molecule has 5 atom stereocenters. The number of carbonyl (C=O) groups is 2. The minimum atomic E-state index is -0.205. The highest BCUT2D eigenvalue weighted by Crippen LogP contribution is 2.66. The van der Waals surface area contributed by atoms with Crippen molar-refractivity contribution in [1.29, 1.82) is 0 Å². The van der Waals surface area contributed by atoms with Crippen molar-refractivity contribution < 1.29 is 9.59 Å². The number of allylic oxidation sites excluding steroid dienone is 1. The molecule has 4 aliphatic carbocycles. The fourth-order valence-corrected chi connectivity index (χ4v) is 6.90. The lowest BCUT2D eigenvalue weighted by Gasteiger charge is -2.32. The van der Waals surface area contributed by atoms with Crippen LogP contribution in [0.25, 0.3) is 0 Å². The third-order valence-electron chi connectivity index (χ3n) is 9.63. The highest BCUT2D eigenvalue weighted by atomic mass is 16.1. The summed E-state index contributed by atoms with van der Waals surface area (Å²) in [6.07, 6.45) is 6.28. The van der Waals surface area contributed by atoms with Gasteiger partial charge in [-0.05, 0) is 48.3 Å². The molecule has 4 saturated carbocycles. The summed E-state index contributed by atoms with van der Waals surface area (Å²) < 4.78 is 0. The van der Waals surface area contributed by atoms with E-state index in [2.05, 4.69) is 46.9 Å². The Hall–Kier alpha value is -1.12. The van der Waals surface area contributed by atoms with E-state index in [1.54, 1.807) is 0 Å². The number of hydrogen-bond donors (Lipinski definition) is 1. The second-order valence-corrected chi connectivity index (χ2v) is 10.7. The number of hydrogen-bond acceptors (Lipinski definition) is 3. The van der Waals surface area contributed by atoms with E-state index in [4.69, 9.17) is 0 Å². The first kappa shape index (κ1) is 17.3. The lowest BCUT2D eigenvalue weighted by molar-refractivity contribution is -0.131. The molecule has 0 radical (unpaired) electrons. The van der Waals surface area contributed by atoms with Crippen molar-refractivity contribution in [3.05, 3.63) is 11.8 Å². The standard InChI is InChI=1S/C22H33NO2/c1-19(2)15-7-9-21(19,5)17(24)13(15)11-23-12-14-16-8-10-22(6,18(14)25)20(16,3)4/h11,14-16,23H,7-10,12H2,1-6H3/b13-11-. The number of Topliss-reactive ketones (excluding diaryl/α,β-unsaturated/α-hetero) is 2. The minimum Gasteiger partial charge on any atom is -0.390 e. The SMILES string of the molecule is CC12CCC(/C(=C/NCC3C(=O)C4(C)CCC3C4(C)C)C1=O)C2(C)C. The molecule has 0 aromatic carbocycles. The molecule has 4 aliphatic rings. The number of fused-ring (bicyclic) bond motifs is 4. The number of nitrogens with one attached hydrogen (secondary N) is 1. The van der Waals surface area contributed by atoms with Crippen molar-refractivity contribution in [2.24, 2.45) is 39.4 Å². The van der Waals surface area contributed by atoms with Crippen LogP contribution in [0.2, 0.25) is 0 Å². The van der Waals surface area contributed by atoms with Gasteiger partial charge in [-0.15, -0.1) is 0 Å². The molecule has 25 heavy (non-hydrogen) atoms. The van der Waals surface area contributed by atoms with Gasteiger partial charge in [-0.3, -0.25) is 9.59 Å². The molecule has 0 aromatic rings. The molecular formula is C22H33NO2. The van der Waals surface area contributed by atoms with Gasteiger partial charge in [0, 0.05) is 35.1 Å². The summed E-state index contributed by atoms with van der Waals surface area (Å²) in [6.45, 7) is 14.0. The van der Waals surface area contributed by atoms with E-state index in [0.29, 0.717) is 29.9 Å². The molecule has 0 heterocycles. The molecule has 1 N–H and O–H groups in total. The Labute approximate surface area is 152 Å². The van der Waals surface area contributed by atoms with Gasteiger partial charge in [0.25, 0.3) is 0 Å². The van der Waals surface area contributed by atoms with E-state index in [-0.39, 0.29) is 27.6 Å². The summed E-state index contributed by atoms with van der Waals surface area (Å²) in [5, 5.41) is 3.41. The van der Waals surface area contributed by atoms with Gasteiger partial charge in [-0.25, -0.2) is 0 Å². The van der Waals surface area contributed by atoms with E-state index >= 15 is 0 Å². The van der Waals surface area contributed by atoms with Crippen LogP contribution in [-0.2, 0) is 9.59 Å². The van der Waals surface area contributed by atoms with Crippen LogP contribution in [0.1, 0.15) is 67.2 Å². The van der Waals surface area contributed by atoms with Gasteiger partial charge in [0.1, 0.15) is 5.78 Å². The first-order chi connectivity index (χ1) is 11.5. The molecule has 0 amide bonds. The van der Waals surface area contributed by atoms with Crippen LogP contribution in [0, 0.1) is 39.4 Å². The van der Waals surface area contributed by atoms with Gasteiger partial charge in [-0.2, -0.15) is 0 Å². The van der Waals surface area contributed by atoms with Crippen LogP contribution in [0.15, 0.2) is 11.8 Å². The van der Waals surface area contributed by atoms with Gasteiger partial charge >= 0.3 is 0 Å². The van der Waals surface area contributed by atoms with Crippen LogP contribution >= 0.6 is 0 Å². The fraction of sp³-hybridized carbons (Fsp3) is 0.818. The van der Waals surface area contributed by atoms with Gasteiger partial charge in [0.15, 0.2) is 5.78 Å². The second kappa shape index (κ2) is 4.78. The van der Waals surface area contributed by atoms with Crippen molar-refractivity contribution >= 4 is 11.6 Å². The molecule has 5 unspecified atom stereocenters. The maximum atomic E-state index is 12.9. The number of carbonyl (C=O) groups excluding carboxylic acids is 2. The Balaban J connectivity index is 1.50. The summed E-state index contributed by atoms with van der Waals surface area (Å²) in [7, 11) is 0. The van der Waals surface area contributed by atoms with Gasteiger partial charge < -0.3 is 5.32 Å². The summed E-state index contributed by atoms with van der Waals surface area (Å²) in [5.41, 5.74) is 0.758. The minimum absolute atomic E-state index is 0.0509. The first-order valence-electron chi connectivity index (χ1n) is 10.0. The van der Waals surface area contributed by atoms with Gasteiger partial charge in [-0.1, -0.05) is 41.5 Å². The molecule has 138 valence electrons. The highest BCUT2D eigenvalue weighted by molar-refractivity contribution is 6.04. The second-order valence-electron chi connectivity index (χ2n) is 10.7. The highest BCUT2D eigenvalue weighted by Gasteiger charge is 2.66. The average molecular weight is 344 g/mol. The molecule has 0 spiro atoms. The lowest BCUT2D eigenvalue weighted by atomic mass is 9.70. The summed E-state index contributed by atoms with van der Waals surface area (Å²) in [5.74, 6) is 1.70. The zero-order valence-corrected chi connectivity index (χ0v) is 16.7. The molecule has 0 saturated heterocycles. The Morgan fingerprint density at radius 1 is 0.960 bits per heavy atom. The maximum Gasteiger partial charge on any atom is 0.167 e. The summed E-state index contributed by atoms with van der Waals surface area (Å²) in [6, 6.07) is 0. The molecule has 0 aromatic heterocycles. The maximum absolute atomic E-state index is 12.9. The zero-order valence-electron chi connectivity index (χ0n) is 16.7. The van der Waals surface area contributed by atoms with Crippen LogP contribution in [0.3, 0.4) is 0 Å². The average Bonchev–Trinajstić information content (AvgIpc) is 3.01. The van der Waals surface area contributed by atoms with Gasteiger partial charge in [0.05, 0.1) is 0 Å². The Morgan fingerprint density at radius 2 is 1.60 bits per heavy atom. The van der Waals surface area contributed by atoms with Crippen LogP contribution in [0.4, 0.5) is 0 Å². The molecule has 4 rings (SSSR count). The number of ketones is 2. The Bertz CT molecular complexity index is 688. The van der Waals surface area contributed by atoms with Crippen molar-refractivity contribution in [3.63, 3.8) is 0 Å². The topological polar surface area (TPSA) is 46.2 Å². The predicted molar refractivity (Wildman–Crippen MR) is 98.8 cm³/mol. The van der Waals surface area contributed by atoms with Gasteiger partial charge in [0.2, 0.25) is 0 Å². The fourth-order valence-electron chi connectivity index (χ4n) is 6.90. The van der Waals surface area contributed by atoms with Crippen LogP contribution in [-0.4, -0.2) is 18.1 Å². The lowest BCUT2D eigenvalue weighted by Crippen LogP contribution is -2.36. The number of rotatable bonds is 3.